The minimum absolute atomic E-state index is 0.432. The Labute approximate surface area is 133 Å². The highest BCUT2D eigenvalue weighted by molar-refractivity contribution is 6.32. The van der Waals surface area contributed by atoms with Crippen molar-refractivity contribution in [1.82, 2.24) is 0 Å². The van der Waals surface area contributed by atoms with Gasteiger partial charge in [0.15, 0.2) is 5.75 Å². The van der Waals surface area contributed by atoms with E-state index in [-0.39, 0.29) is 0 Å². The van der Waals surface area contributed by atoms with Crippen molar-refractivity contribution in [2.45, 2.75) is 0 Å². The zero-order valence-corrected chi connectivity index (χ0v) is 12.5. The molecule has 3 aromatic carbocycles. The van der Waals surface area contributed by atoms with E-state index in [4.69, 9.17) is 26.8 Å². The van der Waals surface area contributed by atoms with Crippen LogP contribution in [-0.2, 0) is 0 Å². The van der Waals surface area contributed by atoms with Crippen LogP contribution in [-0.4, -0.2) is 0 Å². The molecule has 0 bridgehead atoms. The van der Waals surface area contributed by atoms with Crippen LogP contribution in [0.3, 0.4) is 0 Å². The predicted octanol–water partition coefficient (Wildman–Crippen LogP) is 5.51. The van der Waals surface area contributed by atoms with E-state index in [9.17, 15) is 0 Å². The van der Waals surface area contributed by atoms with Gasteiger partial charge in [-0.05, 0) is 30.3 Å². The summed E-state index contributed by atoms with van der Waals surface area (Å²) in [7, 11) is 0. The predicted molar refractivity (Wildman–Crippen MR) is 88.9 cm³/mol. The number of rotatable bonds is 4. The van der Waals surface area contributed by atoms with Gasteiger partial charge in [0.25, 0.3) is 0 Å². The van der Waals surface area contributed by atoms with Gasteiger partial charge in [-0.1, -0.05) is 48.0 Å². The van der Waals surface area contributed by atoms with Gasteiger partial charge in [-0.2, -0.15) is 0 Å². The summed E-state index contributed by atoms with van der Waals surface area (Å²) in [6.45, 7) is 0. The highest BCUT2D eigenvalue weighted by atomic mass is 35.5. The summed E-state index contributed by atoms with van der Waals surface area (Å²) < 4.78 is 11.6. The average Bonchev–Trinajstić information content (AvgIpc) is 2.54. The van der Waals surface area contributed by atoms with Gasteiger partial charge < -0.3 is 15.2 Å². The number of nitrogen functional groups attached to an aromatic ring is 1. The molecule has 3 aromatic rings. The lowest BCUT2D eigenvalue weighted by molar-refractivity contribution is 0.462. The normalized spacial score (nSPS) is 10.2. The molecule has 0 heterocycles. The van der Waals surface area contributed by atoms with E-state index >= 15 is 0 Å². The number of nitrogens with two attached hydrogens (primary N) is 1. The van der Waals surface area contributed by atoms with Gasteiger partial charge in [0.2, 0.25) is 0 Å². The van der Waals surface area contributed by atoms with Crippen molar-refractivity contribution in [3.63, 3.8) is 0 Å². The number of benzene rings is 3. The van der Waals surface area contributed by atoms with Gasteiger partial charge in [0.1, 0.15) is 17.2 Å². The Bertz CT molecular complexity index is 698. The summed E-state index contributed by atoms with van der Waals surface area (Å²) in [5, 5.41) is 0.432. The van der Waals surface area contributed by atoms with Crippen LogP contribution in [0.15, 0.2) is 72.8 Å². The smallest absolute Gasteiger partial charge is 0.154 e. The van der Waals surface area contributed by atoms with E-state index in [0.717, 1.165) is 0 Å². The van der Waals surface area contributed by atoms with E-state index in [1.807, 2.05) is 60.7 Å². The van der Waals surface area contributed by atoms with Crippen molar-refractivity contribution < 1.29 is 9.47 Å². The second kappa shape index (κ2) is 6.41. The third-order valence-electron chi connectivity index (χ3n) is 3.01. The first kappa shape index (κ1) is 14.3. The molecule has 3 rings (SSSR count). The maximum absolute atomic E-state index is 6.19. The molecule has 0 radical (unpaired) electrons. The Morgan fingerprint density at radius 1 is 0.682 bits per heavy atom. The molecular formula is C18H14ClNO2. The molecular weight excluding hydrogens is 298 g/mol. The molecule has 0 saturated carbocycles. The summed E-state index contributed by atoms with van der Waals surface area (Å²) in [5.41, 5.74) is 6.42. The molecule has 0 aliphatic heterocycles. The molecule has 22 heavy (non-hydrogen) atoms. The van der Waals surface area contributed by atoms with E-state index in [1.54, 1.807) is 12.1 Å². The van der Waals surface area contributed by atoms with Crippen LogP contribution >= 0.6 is 11.6 Å². The molecule has 0 saturated heterocycles. The van der Waals surface area contributed by atoms with Crippen molar-refractivity contribution >= 4 is 17.3 Å². The summed E-state index contributed by atoms with van der Waals surface area (Å²) in [5.74, 6) is 2.39. The zero-order valence-electron chi connectivity index (χ0n) is 11.7. The minimum Gasteiger partial charge on any atom is -0.456 e. The van der Waals surface area contributed by atoms with Gasteiger partial charge in [0, 0.05) is 6.07 Å². The molecule has 0 unspecified atom stereocenters. The molecule has 110 valence electrons. The highest BCUT2D eigenvalue weighted by Crippen LogP contribution is 2.38. The molecule has 0 fully saturated rings. The largest absolute Gasteiger partial charge is 0.456 e. The molecule has 4 heteroatoms. The molecule has 0 amide bonds. The summed E-state index contributed by atoms with van der Waals surface area (Å²) in [6.07, 6.45) is 0. The lowest BCUT2D eigenvalue weighted by Crippen LogP contribution is -1.94. The second-order valence-corrected chi connectivity index (χ2v) is 5.06. The number of ether oxygens (including phenoxy) is 2. The maximum atomic E-state index is 6.19. The fraction of sp³-hybridized carbons (Fsp3) is 0. The van der Waals surface area contributed by atoms with Crippen LogP contribution in [0, 0.1) is 0 Å². The van der Waals surface area contributed by atoms with E-state index in [1.165, 1.54) is 0 Å². The number of halogens is 1. The van der Waals surface area contributed by atoms with Crippen molar-refractivity contribution in [3.8, 4) is 23.0 Å². The van der Waals surface area contributed by atoms with Crippen LogP contribution in [0.4, 0.5) is 5.69 Å². The van der Waals surface area contributed by atoms with Gasteiger partial charge >= 0.3 is 0 Å². The Hall–Kier alpha value is -2.65. The van der Waals surface area contributed by atoms with Gasteiger partial charge in [-0.15, -0.1) is 0 Å². The van der Waals surface area contributed by atoms with E-state index in [2.05, 4.69) is 0 Å². The summed E-state index contributed by atoms with van der Waals surface area (Å²) in [6, 6.07) is 22.1. The first-order chi connectivity index (χ1) is 10.7. The topological polar surface area (TPSA) is 44.5 Å². The summed E-state index contributed by atoms with van der Waals surface area (Å²) >= 11 is 6.19. The average molecular weight is 312 g/mol. The Balaban J connectivity index is 1.90. The highest BCUT2D eigenvalue weighted by Gasteiger charge is 2.10. The van der Waals surface area contributed by atoms with Crippen LogP contribution in [0.25, 0.3) is 0 Å². The number of hydrogen-bond acceptors (Lipinski definition) is 3. The molecule has 0 spiro atoms. The van der Waals surface area contributed by atoms with Crippen molar-refractivity contribution in [2.75, 3.05) is 5.73 Å². The molecule has 0 atom stereocenters. The van der Waals surface area contributed by atoms with Crippen LogP contribution < -0.4 is 15.2 Å². The standard InChI is InChI=1S/C18H14ClNO2/c19-15-11-16(20)18(22-14-9-5-2-6-10-14)12-17(15)21-13-7-3-1-4-8-13/h1-12H,20H2. The Kier molecular flexibility index (Phi) is 4.17. The third-order valence-corrected chi connectivity index (χ3v) is 3.30. The quantitative estimate of drug-likeness (QED) is 0.646. The number of para-hydroxylation sites is 2. The zero-order chi connectivity index (χ0) is 15.4. The molecule has 0 aliphatic rings. The van der Waals surface area contributed by atoms with Gasteiger partial charge in [0.05, 0.1) is 10.7 Å². The van der Waals surface area contributed by atoms with Crippen molar-refractivity contribution in [3.05, 3.63) is 77.8 Å². The fourth-order valence-electron chi connectivity index (χ4n) is 1.95. The van der Waals surface area contributed by atoms with Gasteiger partial charge in [-0.3, -0.25) is 0 Å². The van der Waals surface area contributed by atoms with Crippen LogP contribution in [0.5, 0.6) is 23.0 Å². The Morgan fingerprint density at radius 2 is 1.18 bits per heavy atom. The molecule has 3 nitrogen and oxygen atoms in total. The van der Waals surface area contributed by atoms with Crippen LogP contribution in [0.1, 0.15) is 0 Å². The van der Waals surface area contributed by atoms with Crippen molar-refractivity contribution in [1.29, 1.82) is 0 Å². The second-order valence-electron chi connectivity index (χ2n) is 4.65. The first-order valence-electron chi connectivity index (χ1n) is 6.77. The maximum Gasteiger partial charge on any atom is 0.154 e. The monoisotopic (exact) mass is 311 g/mol. The van der Waals surface area contributed by atoms with Crippen molar-refractivity contribution in [2.24, 2.45) is 0 Å². The molecule has 2 N–H and O–H groups in total. The fourth-order valence-corrected chi connectivity index (χ4v) is 2.16. The van der Waals surface area contributed by atoms with Crippen LogP contribution in [0.2, 0.25) is 5.02 Å². The first-order valence-corrected chi connectivity index (χ1v) is 7.15. The minimum atomic E-state index is 0.432. The third kappa shape index (κ3) is 3.32. The number of anilines is 1. The van der Waals surface area contributed by atoms with Gasteiger partial charge in [-0.25, -0.2) is 0 Å². The lowest BCUT2D eigenvalue weighted by Gasteiger charge is -2.13. The Morgan fingerprint density at radius 3 is 1.73 bits per heavy atom. The SMILES string of the molecule is Nc1cc(Cl)c(Oc2ccccc2)cc1Oc1ccccc1. The number of hydrogen-bond donors (Lipinski definition) is 1. The molecule has 0 aliphatic carbocycles. The molecule has 0 aromatic heterocycles. The van der Waals surface area contributed by atoms with E-state index < -0.39 is 0 Å². The lowest BCUT2D eigenvalue weighted by atomic mass is 10.2. The summed E-state index contributed by atoms with van der Waals surface area (Å²) in [4.78, 5) is 0. The van der Waals surface area contributed by atoms with E-state index in [0.29, 0.717) is 33.7 Å².